The lowest BCUT2D eigenvalue weighted by atomic mass is 10.1. The highest BCUT2D eigenvalue weighted by Gasteiger charge is 2.18. The summed E-state index contributed by atoms with van der Waals surface area (Å²) in [6.45, 7) is 6.03. The molecule has 3 aromatic carbocycles. The molecule has 0 bridgehead atoms. The number of nitrogens with one attached hydrogen (secondary N) is 1. The first-order valence-corrected chi connectivity index (χ1v) is 13.6. The molecule has 0 radical (unpaired) electrons. The predicted octanol–water partition coefficient (Wildman–Crippen LogP) is 5.60. The van der Waals surface area contributed by atoms with Crippen molar-refractivity contribution in [3.05, 3.63) is 83.4 Å². The van der Waals surface area contributed by atoms with Gasteiger partial charge in [0.2, 0.25) is 10.0 Å². The van der Waals surface area contributed by atoms with Crippen molar-refractivity contribution in [1.82, 2.24) is 4.72 Å². The minimum absolute atomic E-state index is 0.0413. The van der Waals surface area contributed by atoms with Crippen molar-refractivity contribution in [3.63, 3.8) is 0 Å². The van der Waals surface area contributed by atoms with Crippen molar-refractivity contribution >= 4 is 27.8 Å². The lowest BCUT2D eigenvalue weighted by Crippen LogP contribution is -2.26. The van der Waals surface area contributed by atoms with Crippen molar-refractivity contribution in [2.45, 2.75) is 37.0 Å². The normalized spacial score (nSPS) is 11.3. The first-order valence-electron chi connectivity index (χ1n) is 11.1. The van der Waals surface area contributed by atoms with Crippen LogP contribution in [0.2, 0.25) is 0 Å². The second-order valence-corrected chi connectivity index (χ2v) is 10.4. The van der Waals surface area contributed by atoms with Gasteiger partial charge in [0.15, 0.2) is 0 Å². The number of hydrogen-bond donors (Lipinski definition) is 1. The quantitative estimate of drug-likeness (QED) is 0.210. The van der Waals surface area contributed by atoms with Crippen LogP contribution < -0.4 is 9.46 Å². The summed E-state index contributed by atoms with van der Waals surface area (Å²) in [6.07, 6.45) is 0.988. The van der Waals surface area contributed by atoms with Gasteiger partial charge >= 0.3 is 5.97 Å². The van der Waals surface area contributed by atoms with Gasteiger partial charge in [0.05, 0.1) is 17.1 Å². The molecule has 0 spiro atoms. The highest BCUT2D eigenvalue weighted by atomic mass is 32.2. The van der Waals surface area contributed by atoms with Gasteiger partial charge in [0.25, 0.3) is 0 Å². The average molecular weight is 500 g/mol. The molecule has 0 saturated carbocycles. The number of rotatable bonds is 11. The lowest BCUT2D eigenvalue weighted by molar-refractivity contribution is 0.0525. The maximum atomic E-state index is 12.7. The van der Waals surface area contributed by atoms with Gasteiger partial charge in [-0.25, -0.2) is 17.9 Å². The Hall–Kier alpha value is -2.81. The van der Waals surface area contributed by atoms with E-state index in [9.17, 15) is 13.2 Å². The van der Waals surface area contributed by atoms with Crippen LogP contribution in [0.3, 0.4) is 0 Å². The van der Waals surface area contributed by atoms with Crippen molar-refractivity contribution in [3.8, 4) is 11.5 Å². The van der Waals surface area contributed by atoms with Gasteiger partial charge in [-0.3, -0.25) is 0 Å². The van der Waals surface area contributed by atoms with Gasteiger partial charge in [-0.15, -0.1) is 11.8 Å². The molecule has 8 heteroatoms. The van der Waals surface area contributed by atoms with Crippen molar-refractivity contribution in [2.75, 3.05) is 18.9 Å². The van der Waals surface area contributed by atoms with E-state index in [2.05, 4.69) is 23.8 Å². The number of carbonyl (C=O) groups is 1. The molecule has 0 amide bonds. The standard InChI is InChI=1S/C26H29NO5S2/c1-4-20-7-9-21(10-8-20)32-22-11-13-23(14-12-22)33-17-16-27-34(29,30)24-15-6-19(3)25(18-24)26(28)31-5-2/h6-15,18,27H,4-5,16-17H2,1-3H3. The zero-order chi connectivity index (χ0) is 24.6. The number of esters is 1. The summed E-state index contributed by atoms with van der Waals surface area (Å²) >= 11 is 1.54. The molecule has 0 fully saturated rings. The number of hydrogen-bond acceptors (Lipinski definition) is 6. The Kier molecular flexibility index (Phi) is 9.15. The molecule has 0 atom stereocenters. The second-order valence-electron chi connectivity index (χ2n) is 7.51. The molecule has 0 aliphatic heterocycles. The molecule has 34 heavy (non-hydrogen) atoms. The fourth-order valence-electron chi connectivity index (χ4n) is 3.16. The monoisotopic (exact) mass is 499 g/mol. The predicted molar refractivity (Wildman–Crippen MR) is 135 cm³/mol. The summed E-state index contributed by atoms with van der Waals surface area (Å²) in [5, 5.41) is 0. The average Bonchev–Trinajstić information content (AvgIpc) is 2.83. The fourth-order valence-corrected chi connectivity index (χ4v) is 5.11. The summed E-state index contributed by atoms with van der Waals surface area (Å²) in [4.78, 5) is 13.1. The highest BCUT2D eigenvalue weighted by Crippen LogP contribution is 2.25. The van der Waals surface area contributed by atoms with E-state index in [1.807, 2.05) is 36.4 Å². The number of thioether (sulfide) groups is 1. The first-order chi connectivity index (χ1) is 16.3. The molecule has 180 valence electrons. The summed E-state index contributed by atoms with van der Waals surface area (Å²) in [5.74, 6) is 1.55. The number of benzene rings is 3. The maximum absolute atomic E-state index is 12.7. The minimum Gasteiger partial charge on any atom is -0.462 e. The Morgan fingerprint density at radius 3 is 2.21 bits per heavy atom. The third kappa shape index (κ3) is 7.09. The Balaban J connectivity index is 1.51. The molecule has 0 aliphatic rings. The van der Waals surface area contributed by atoms with Crippen molar-refractivity contribution in [2.24, 2.45) is 0 Å². The van der Waals surface area contributed by atoms with Crippen LogP contribution in [0, 0.1) is 6.92 Å². The third-order valence-corrected chi connectivity index (χ3v) is 7.54. The van der Waals surface area contributed by atoms with Crippen LogP contribution in [0.15, 0.2) is 76.5 Å². The van der Waals surface area contributed by atoms with Gasteiger partial charge < -0.3 is 9.47 Å². The molecule has 1 N–H and O–H groups in total. The third-order valence-electron chi connectivity index (χ3n) is 5.07. The fraction of sp³-hybridized carbons (Fsp3) is 0.269. The summed E-state index contributed by atoms with van der Waals surface area (Å²) < 4.78 is 38.8. The highest BCUT2D eigenvalue weighted by molar-refractivity contribution is 7.99. The molecule has 0 heterocycles. The van der Waals surface area contributed by atoms with Crippen LogP contribution in [0.5, 0.6) is 11.5 Å². The number of carbonyl (C=O) groups excluding carboxylic acids is 1. The summed E-state index contributed by atoms with van der Waals surface area (Å²) in [5.41, 5.74) is 2.18. The van der Waals surface area contributed by atoms with Crippen LogP contribution in [0.1, 0.15) is 35.3 Å². The maximum Gasteiger partial charge on any atom is 0.338 e. The topological polar surface area (TPSA) is 81.7 Å². The van der Waals surface area contributed by atoms with E-state index in [0.29, 0.717) is 11.3 Å². The van der Waals surface area contributed by atoms with Crippen LogP contribution in [0.25, 0.3) is 0 Å². The number of aryl methyl sites for hydroxylation is 2. The molecule has 3 aromatic rings. The molecule has 3 rings (SSSR count). The van der Waals surface area contributed by atoms with Crippen LogP contribution in [-0.4, -0.2) is 33.3 Å². The Morgan fingerprint density at radius 1 is 0.941 bits per heavy atom. The Bertz CT molecular complexity index is 1210. The largest absolute Gasteiger partial charge is 0.462 e. The molecule has 0 aromatic heterocycles. The molecular weight excluding hydrogens is 470 g/mol. The van der Waals surface area contributed by atoms with Crippen molar-refractivity contribution < 1.29 is 22.7 Å². The molecular formula is C26H29NO5S2. The van der Waals surface area contributed by atoms with E-state index < -0.39 is 16.0 Å². The zero-order valence-electron chi connectivity index (χ0n) is 19.5. The van der Waals surface area contributed by atoms with Crippen LogP contribution in [0.4, 0.5) is 0 Å². The van der Waals surface area contributed by atoms with E-state index in [0.717, 1.165) is 22.8 Å². The minimum atomic E-state index is -3.74. The Labute approximate surface area is 205 Å². The molecule has 0 saturated heterocycles. The number of sulfonamides is 1. The van der Waals surface area contributed by atoms with Crippen molar-refractivity contribution in [1.29, 1.82) is 0 Å². The van der Waals surface area contributed by atoms with E-state index in [4.69, 9.17) is 9.47 Å². The van der Waals surface area contributed by atoms with Gasteiger partial charge in [-0.05, 0) is 79.9 Å². The SMILES string of the molecule is CCOC(=O)c1cc(S(=O)(=O)NCCSc2ccc(Oc3ccc(CC)cc3)cc2)ccc1C. The molecule has 0 unspecified atom stereocenters. The van der Waals surface area contributed by atoms with Crippen LogP contribution >= 0.6 is 11.8 Å². The van der Waals surface area contributed by atoms with Gasteiger partial charge in [-0.2, -0.15) is 0 Å². The smallest absolute Gasteiger partial charge is 0.338 e. The van der Waals surface area contributed by atoms with E-state index >= 15 is 0 Å². The number of ether oxygens (including phenoxy) is 2. The van der Waals surface area contributed by atoms with Crippen LogP contribution in [-0.2, 0) is 21.2 Å². The van der Waals surface area contributed by atoms with Gasteiger partial charge in [0.1, 0.15) is 11.5 Å². The first kappa shape index (κ1) is 25.8. The molecule has 0 aliphatic carbocycles. The van der Waals surface area contributed by atoms with E-state index in [1.165, 1.54) is 29.5 Å². The van der Waals surface area contributed by atoms with Gasteiger partial charge in [0, 0.05) is 17.2 Å². The summed E-state index contributed by atoms with van der Waals surface area (Å²) in [7, 11) is -3.74. The lowest BCUT2D eigenvalue weighted by Gasteiger charge is -2.10. The van der Waals surface area contributed by atoms with E-state index in [-0.39, 0.29) is 23.6 Å². The molecule has 6 nitrogen and oxygen atoms in total. The second kappa shape index (κ2) is 12.1. The van der Waals surface area contributed by atoms with E-state index in [1.54, 1.807) is 19.9 Å². The Morgan fingerprint density at radius 2 is 1.59 bits per heavy atom. The summed E-state index contributed by atoms with van der Waals surface area (Å²) in [6, 6.07) is 20.1. The zero-order valence-corrected chi connectivity index (χ0v) is 21.2. The van der Waals surface area contributed by atoms with Gasteiger partial charge in [-0.1, -0.05) is 25.1 Å².